The molecule has 0 saturated heterocycles. The molecule has 190 valence electrons. The number of ether oxygens (including phenoxy) is 1. The largest absolute Gasteiger partial charge is 0.506 e. The Hall–Kier alpha value is -3.58. The number of carbonyl (C=O) groups is 2. The molecule has 7 heteroatoms. The van der Waals surface area contributed by atoms with Crippen molar-refractivity contribution in [2.45, 2.75) is 58.5 Å². The number of aliphatic hydroxyl groups is 1. The van der Waals surface area contributed by atoms with E-state index in [0.717, 1.165) is 47.1 Å². The maximum Gasteiger partial charge on any atom is 0.329 e. The van der Waals surface area contributed by atoms with Crippen LogP contribution in [0.15, 0.2) is 48.5 Å². The summed E-state index contributed by atoms with van der Waals surface area (Å²) in [6.07, 6.45) is 5.69. The van der Waals surface area contributed by atoms with Crippen LogP contribution in [-0.2, 0) is 0 Å². The third-order valence-electron chi connectivity index (χ3n) is 6.66. The normalized spacial score (nSPS) is 14.0. The van der Waals surface area contributed by atoms with Gasteiger partial charge in [-0.1, -0.05) is 48.4 Å². The van der Waals surface area contributed by atoms with Crippen LogP contribution < -0.4 is 15.0 Å². The van der Waals surface area contributed by atoms with Gasteiger partial charge in [-0.05, 0) is 63.6 Å². The van der Waals surface area contributed by atoms with E-state index >= 15 is 0 Å². The zero-order chi connectivity index (χ0) is 25.7. The number of imide groups is 1. The van der Waals surface area contributed by atoms with Crippen molar-refractivity contribution < 1.29 is 24.5 Å². The fourth-order valence-corrected chi connectivity index (χ4v) is 4.79. The second-order valence-corrected chi connectivity index (χ2v) is 9.43. The molecule has 4 rings (SSSR count). The van der Waals surface area contributed by atoms with E-state index in [2.05, 4.69) is 5.32 Å². The molecular weight excluding hydrogens is 456 g/mol. The minimum Gasteiger partial charge on any atom is -0.506 e. The van der Waals surface area contributed by atoms with Gasteiger partial charge in [0.05, 0.1) is 17.4 Å². The molecule has 3 N–H and O–H groups in total. The quantitative estimate of drug-likeness (QED) is 0.374. The Labute approximate surface area is 211 Å². The number of fused-ring (bicyclic) bond motifs is 1. The zero-order valence-corrected chi connectivity index (χ0v) is 20.9. The second-order valence-electron chi connectivity index (χ2n) is 9.43. The number of hydrogen-bond donors (Lipinski definition) is 3. The van der Waals surface area contributed by atoms with Crippen molar-refractivity contribution in [3.63, 3.8) is 0 Å². The van der Waals surface area contributed by atoms with Crippen LogP contribution in [0.25, 0.3) is 10.8 Å². The van der Waals surface area contributed by atoms with E-state index in [0.29, 0.717) is 23.2 Å². The van der Waals surface area contributed by atoms with E-state index in [1.807, 2.05) is 38.1 Å². The van der Waals surface area contributed by atoms with Gasteiger partial charge in [0.1, 0.15) is 11.5 Å². The van der Waals surface area contributed by atoms with E-state index in [-0.39, 0.29) is 30.6 Å². The minimum absolute atomic E-state index is 0.00297. The van der Waals surface area contributed by atoms with Crippen molar-refractivity contribution in [2.24, 2.45) is 0 Å². The smallest absolute Gasteiger partial charge is 0.329 e. The molecule has 0 aliphatic heterocycles. The second kappa shape index (κ2) is 11.4. The van der Waals surface area contributed by atoms with Crippen LogP contribution in [-0.4, -0.2) is 41.4 Å². The van der Waals surface area contributed by atoms with Crippen LogP contribution in [0.5, 0.6) is 11.5 Å². The molecule has 0 atom stereocenters. The highest BCUT2D eigenvalue weighted by Crippen LogP contribution is 2.39. The molecule has 0 radical (unpaired) electrons. The number of aryl methyl sites for hydroxylation is 2. The van der Waals surface area contributed by atoms with E-state index in [9.17, 15) is 14.7 Å². The molecule has 1 saturated carbocycles. The molecule has 0 spiro atoms. The molecule has 3 aromatic rings. The van der Waals surface area contributed by atoms with Crippen molar-refractivity contribution in [3.8, 4) is 11.5 Å². The molecule has 1 aliphatic carbocycles. The number of urea groups is 1. The fraction of sp³-hybridized carbons (Fsp3) is 0.379. The Morgan fingerprint density at radius 1 is 1.03 bits per heavy atom. The first kappa shape index (κ1) is 25.5. The Bertz CT molecular complexity index is 1250. The van der Waals surface area contributed by atoms with Crippen LogP contribution in [0, 0.1) is 13.8 Å². The van der Waals surface area contributed by atoms with Crippen LogP contribution in [0.3, 0.4) is 0 Å². The minimum atomic E-state index is -0.653. The molecule has 3 amide bonds. The number of aromatic hydroxyl groups is 1. The van der Waals surface area contributed by atoms with Crippen LogP contribution in [0.2, 0.25) is 0 Å². The Morgan fingerprint density at radius 3 is 2.44 bits per heavy atom. The first-order chi connectivity index (χ1) is 17.4. The highest BCUT2D eigenvalue weighted by atomic mass is 16.5. The molecule has 0 aromatic heterocycles. The summed E-state index contributed by atoms with van der Waals surface area (Å²) in [5.74, 6) is -0.315. The highest BCUT2D eigenvalue weighted by molar-refractivity contribution is 6.23. The molecule has 0 heterocycles. The number of nitrogens with one attached hydrogen (secondary N) is 1. The number of nitrogens with zero attached hydrogens (tertiary/aromatic N) is 1. The summed E-state index contributed by atoms with van der Waals surface area (Å²) in [6.45, 7) is 3.91. The predicted molar refractivity (Wildman–Crippen MR) is 141 cm³/mol. The number of carbonyl (C=O) groups excluding carboxylic acids is 2. The number of benzene rings is 3. The van der Waals surface area contributed by atoms with Crippen molar-refractivity contribution in [1.82, 2.24) is 5.32 Å². The molecule has 0 unspecified atom stereocenters. The lowest BCUT2D eigenvalue weighted by molar-refractivity contribution is 0.0989. The lowest BCUT2D eigenvalue weighted by atomic mass is 9.97. The van der Waals surface area contributed by atoms with Gasteiger partial charge in [0.2, 0.25) is 0 Å². The van der Waals surface area contributed by atoms with Gasteiger partial charge in [0, 0.05) is 23.9 Å². The van der Waals surface area contributed by atoms with E-state index < -0.39 is 11.9 Å². The molecule has 3 aromatic carbocycles. The number of phenols is 1. The molecule has 7 nitrogen and oxygen atoms in total. The maximum atomic E-state index is 14.0. The number of phenolic OH excluding ortho intramolecular Hbond substituents is 1. The van der Waals surface area contributed by atoms with Gasteiger partial charge in [0.25, 0.3) is 5.91 Å². The van der Waals surface area contributed by atoms with E-state index in [1.165, 1.54) is 6.42 Å². The summed E-state index contributed by atoms with van der Waals surface area (Å²) < 4.78 is 6.37. The summed E-state index contributed by atoms with van der Waals surface area (Å²) in [7, 11) is 0. The van der Waals surface area contributed by atoms with Gasteiger partial charge in [-0.25, -0.2) is 9.69 Å². The first-order valence-electron chi connectivity index (χ1n) is 12.6. The molecule has 1 fully saturated rings. The summed E-state index contributed by atoms with van der Waals surface area (Å²) in [5, 5.41) is 24.2. The average molecular weight is 491 g/mol. The molecular formula is C29H34N2O5. The van der Waals surface area contributed by atoms with Gasteiger partial charge in [-0.15, -0.1) is 0 Å². The summed E-state index contributed by atoms with van der Waals surface area (Å²) in [6, 6.07) is 13.7. The first-order valence-corrected chi connectivity index (χ1v) is 12.6. The van der Waals surface area contributed by atoms with Crippen molar-refractivity contribution >= 4 is 28.4 Å². The Morgan fingerprint density at radius 2 is 1.75 bits per heavy atom. The Kier molecular flexibility index (Phi) is 8.10. The van der Waals surface area contributed by atoms with Crippen molar-refractivity contribution in [2.75, 3.05) is 18.1 Å². The van der Waals surface area contributed by atoms with Gasteiger partial charge < -0.3 is 20.3 Å². The maximum absolute atomic E-state index is 14.0. The monoisotopic (exact) mass is 490 g/mol. The van der Waals surface area contributed by atoms with Crippen LogP contribution in [0.4, 0.5) is 10.5 Å². The standard InChI is InChI=1S/C29H34N2O5/c1-19-13-14-25(20(2)17-19)31(29(35)30-15-8-16-32)28(34)24-18-26(36-21-9-4-3-5-10-21)22-11-6-7-12-23(22)27(24)33/h6-7,11-14,17-18,21,32-33H,3-5,8-10,15-16H2,1-2H3,(H,30,35). The number of anilines is 1. The molecule has 1 aliphatic rings. The summed E-state index contributed by atoms with van der Waals surface area (Å²) in [4.78, 5) is 28.3. The highest BCUT2D eigenvalue weighted by Gasteiger charge is 2.30. The van der Waals surface area contributed by atoms with Gasteiger partial charge >= 0.3 is 6.03 Å². The van der Waals surface area contributed by atoms with Gasteiger partial charge in [-0.3, -0.25) is 4.79 Å². The number of amides is 3. The lowest BCUT2D eigenvalue weighted by Crippen LogP contribution is -2.45. The van der Waals surface area contributed by atoms with Crippen molar-refractivity contribution in [3.05, 3.63) is 65.2 Å². The van der Waals surface area contributed by atoms with E-state index in [1.54, 1.807) is 24.3 Å². The van der Waals surface area contributed by atoms with Crippen LogP contribution >= 0.6 is 0 Å². The van der Waals surface area contributed by atoms with Crippen LogP contribution in [0.1, 0.15) is 60.0 Å². The third-order valence-corrected chi connectivity index (χ3v) is 6.66. The average Bonchev–Trinajstić information content (AvgIpc) is 2.88. The SMILES string of the molecule is Cc1ccc(N(C(=O)NCCCO)C(=O)c2cc(OC3CCCCC3)c3ccccc3c2O)c(C)c1. The zero-order valence-electron chi connectivity index (χ0n) is 20.9. The number of aliphatic hydroxyl groups excluding tert-OH is 1. The van der Waals surface area contributed by atoms with E-state index in [4.69, 9.17) is 9.84 Å². The summed E-state index contributed by atoms with van der Waals surface area (Å²) in [5.41, 5.74) is 2.17. The molecule has 36 heavy (non-hydrogen) atoms. The lowest BCUT2D eigenvalue weighted by Gasteiger charge is -2.26. The van der Waals surface area contributed by atoms with Crippen molar-refractivity contribution in [1.29, 1.82) is 0 Å². The summed E-state index contributed by atoms with van der Waals surface area (Å²) >= 11 is 0. The van der Waals surface area contributed by atoms with Gasteiger partial charge in [-0.2, -0.15) is 0 Å². The number of rotatable bonds is 7. The van der Waals surface area contributed by atoms with Gasteiger partial charge in [0.15, 0.2) is 0 Å². The Balaban J connectivity index is 1.79. The molecule has 0 bridgehead atoms. The topological polar surface area (TPSA) is 99.1 Å². The number of hydrogen-bond acceptors (Lipinski definition) is 5. The fourth-order valence-electron chi connectivity index (χ4n) is 4.79. The third kappa shape index (κ3) is 5.46. The predicted octanol–water partition coefficient (Wildman–Crippen LogP) is 5.61.